The van der Waals surface area contributed by atoms with Crippen LogP contribution in [0.25, 0.3) is 0 Å². The minimum Gasteiger partial charge on any atom is -0.435 e. The molecule has 21 heavy (non-hydrogen) atoms. The summed E-state index contributed by atoms with van der Waals surface area (Å²) in [5, 5.41) is 0. The van der Waals surface area contributed by atoms with Gasteiger partial charge in [-0.25, -0.2) is 0 Å². The highest BCUT2D eigenvalue weighted by Gasteiger charge is 2.27. The Morgan fingerprint density at radius 3 is 2.52 bits per heavy atom. The highest BCUT2D eigenvalue weighted by molar-refractivity contribution is 5.27. The number of rotatable bonds is 6. The van der Waals surface area contributed by atoms with E-state index in [2.05, 4.69) is 16.7 Å². The van der Waals surface area contributed by atoms with Gasteiger partial charge >= 0.3 is 6.61 Å². The summed E-state index contributed by atoms with van der Waals surface area (Å²) in [7, 11) is 2.11. The Balaban J connectivity index is 1.93. The largest absolute Gasteiger partial charge is 0.435 e. The lowest BCUT2D eigenvalue weighted by Crippen LogP contribution is -2.42. The van der Waals surface area contributed by atoms with Crippen LogP contribution in [-0.4, -0.2) is 31.1 Å². The standard InChI is InChI=1S/C16H24F2N2O/c1-20(15-5-3-2-4-13(15)10-19)11-12-6-8-14(9-7-12)21-16(17)18/h6-9,13,15-16H,2-5,10-11,19H2,1H3. The Morgan fingerprint density at radius 2 is 1.90 bits per heavy atom. The van der Waals surface area contributed by atoms with Crippen molar-refractivity contribution in [3.8, 4) is 5.75 Å². The Labute approximate surface area is 125 Å². The van der Waals surface area contributed by atoms with Crippen LogP contribution >= 0.6 is 0 Å². The summed E-state index contributed by atoms with van der Waals surface area (Å²) in [6.07, 6.45) is 4.91. The van der Waals surface area contributed by atoms with E-state index in [1.165, 1.54) is 25.7 Å². The molecule has 1 saturated carbocycles. The van der Waals surface area contributed by atoms with Gasteiger partial charge in [0.1, 0.15) is 5.75 Å². The number of hydrogen-bond donors (Lipinski definition) is 1. The van der Waals surface area contributed by atoms with Crippen molar-refractivity contribution in [3.05, 3.63) is 29.8 Å². The van der Waals surface area contributed by atoms with Crippen LogP contribution < -0.4 is 10.5 Å². The third-order valence-corrected chi connectivity index (χ3v) is 4.32. The average molecular weight is 298 g/mol. The number of nitrogens with zero attached hydrogens (tertiary/aromatic N) is 1. The predicted octanol–water partition coefficient (Wildman–Crippen LogP) is 3.24. The van der Waals surface area contributed by atoms with Gasteiger partial charge in [0.15, 0.2) is 0 Å². The fourth-order valence-electron chi connectivity index (χ4n) is 3.22. The van der Waals surface area contributed by atoms with E-state index in [1.54, 1.807) is 12.1 Å². The number of halogens is 2. The van der Waals surface area contributed by atoms with Gasteiger partial charge in [0.05, 0.1) is 0 Å². The molecule has 0 radical (unpaired) electrons. The topological polar surface area (TPSA) is 38.5 Å². The second-order valence-corrected chi connectivity index (χ2v) is 5.79. The van der Waals surface area contributed by atoms with Gasteiger partial charge in [0, 0.05) is 12.6 Å². The smallest absolute Gasteiger partial charge is 0.387 e. The SMILES string of the molecule is CN(Cc1ccc(OC(F)F)cc1)C1CCCCC1CN. The van der Waals surface area contributed by atoms with Gasteiger partial charge < -0.3 is 10.5 Å². The van der Waals surface area contributed by atoms with E-state index in [4.69, 9.17) is 5.73 Å². The van der Waals surface area contributed by atoms with Crippen LogP contribution in [-0.2, 0) is 6.54 Å². The zero-order valence-electron chi connectivity index (χ0n) is 12.5. The minimum atomic E-state index is -2.77. The van der Waals surface area contributed by atoms with Crippen LogP contribution in [0.5, 0.6) is 5.75 Å². The number of hydrogen-bond acceptors (Lipinski definition) is 3. The first kappa shape index (κ1) is 16.2. The van der Waals surface area contributed by atoms with E-state index in [0.29, 0.717) is 12.0 Å². The molecule has 0 saturated heterocycles. The van der Waals surface area contributed by atoms with Crippen molar-refractivity contribution < 1.29 is 13.5 Å². The molecular formula is C16H24F2N2O. The van der Waals surface area contributed by atoms with Crippen LogP contribution in [0, 0.1) is 5.92 Å². The molecule has 2 N–H and O–H groups in total. The van der Waals surface area contributed by atoms with Gasteiger partial charge in [-0.05, 0) is 50.0 Å². The molecule has 0 aromatic heterocycles. The fourth-order valence-corrected chi connectivity index (χ4v) is 3.22. The van der Waals surface area contributed by atoms with Crippen LogP contribution in [0.4, 0.5) is 8.78 Å². The van der Waals surface area contributed by atoms with E-state index in [0.717, 1.165) is 18.7 Å². The lowest BCUT2D eigenvalue weighted by molar-refractivity contribution is -0.0498. The summed E-state index contributed by atoms with van der Waals surface area (Å²) < 4.78 is 28.6. The minimum absolute atomic E-state index is 0.203. The number of ether oxygens (including phenoxy) is 1. The van der Waals surface area contributed by atoms with E-state index < -0.39 is 6.61 Å². The van der Waals surface area contributed by atoms with Gasteiger partial charge in [0.2, 0.25) is 0 Å². The lowest BCUT2D eigenvalue weighted by Gasteiger charge is -2.37. The molecule has 2 rings (SSSR count). The highest BCUT2D eigenvalue weighted by atomic mass is 19.3. The summed E-state index contributed by atoms with van der Waals surface area (Å²) in [4.78, 5) is 2.33. The van der Waals surface area contributed by atoms with E-state index >= 15 is 0 Å². The maximum atomic E-state index is 12.1. The molecule has 0 bridgehead atoms. The zero-order chi connectivity index (χ0) is 15.2. The fraction of sp³-hybridized carbons (Fsp3) is 0.625. The van der Waals surface area contributed by atoms with Crippen molar-refractivity contribution in [3.63, 3.8) is 0 Å². The first-order valence-corrected chi connectivity index (χ1v) is 7.54. The third kappa shape index (κ3) is 4.64. The predicted molar refractivity (Wildman–Crippen MR) is 79.3 cm³/mol. The van der Waals surface area contributed by atoms with Crippen molar-refractivity contribution in [2.45, 2.75) is 44.9 Å². The van der Waals surface area contributed by atoms with Crippen molar-refractivity contribution in [1.29, 1.82) is 0 Å². The molecule has 5 heteroatoms. The van der Waals surface area contributed by atoms with Crippen LogP contribution in [0.15, 0.2) is 24.3 Å². The van der Waals surface area contributed by atoms with Crippen molar-refractivity contribution in [1.82, 2.24) is 4.90 Å². The van der Waals surface area contributed by atoms with E-state index in [-0.39, 0.29) is 5.75 Å². The van der Waals surface area contributed by atoms with E-state index in [9.17, 15) is 8.78 Å². The Hall–Kier alpha value is -1.20. The molecule has 0 amide bonds. The highest BCUT2D eigenvalue weighted by Crippen LogP contribution is 2.28. The Morgan fingerprint density at radius 1 is 1.24 bits per heavy atom. The number of alkyl halides is 2. The number of nitrogens with two attached hydrogens (primary N) is 1. The second-order valence-electron chi connectivity index (χ2n) is 5.79. The second kappa shape index (κ2) is 7.71. The first-order chi connectivity index (χ1) is 10.1. The van der Waals surface area contributed by atoms with Gasteiger partial charge in [-0.15, -0.1) is 0 Å². The van der Waals surface area contributed by atoms with Gasteiger partial charge in [-0.3, -0.25) is 4.90 Å². The molecule has 118 valence electrons. The first-order valence-electron chi connectivity index (χ1n) is 7.54. The molecule has 0 aliphatic heterocycles. The van der Waals surface area contributed by atoms with Crippen LogP contribution in [0.1, 0.15) is 31.2 Å². The number of benzene rings is 1. The molecule has 2 atom stereocenters. The van der Waals surface area contributed by atoms with E-state index in [1.807, 2.05) is 12.1 Å². The summed E-state index contributed by atoms with van der Waals surface area (Å²) in [6.45, 7) is -1.24. The molecule has 2 unspecified atom stereocenters. The van der Waals surface area contributed by atoms with Gasteiger partial charge in [-0.2, -0.15) is 8.78 Å². The molecule has 1 aromatic rings. The monoisotopic (exact) mass is 298 g/mol. The quantitative estimate of drug-likeness (QED) is 0.876. The average Bonchev–Trinajstić information content (AvgIpc) is 2.48. The molecule has 1 aliphatic carbocycles. The molecule has 1 aromatic carbocycles. The van der Waals surface area contributed by atoms with Crippen LogP contribution in [0.3, 0.4) is 0 Å². The molecule has 1 fully saturated rings. The lowest BCUT2D eigenvalue weighted by atomic mass is 9.83. The molecule has 3 nitrogen and oxygen atoms in total. The summed E-state index contributed by atoms with van der Waals surface area (Å²) >= 11 is 0. The maximum Gasteiger partial charge on any atom is 0.387 e. The maximum absolute atomic E-state index is 12.1. The summed E-state index contributed by atoms with van der Waals surface area (Å²) in [5.41, 5.74) is 6.97. The molecule has 0 spiro atoms. The third-order valence-electron chi connectivity index (χ3n) is 4.32. The molecule has 0 heterocycles. The van der Waals surface area contributed by atoms with Crippen LogP contribution in [0.2, 0.25) is 0 Å². The summed E-state index contributed by atoms with van der Waals surface area (Å²) in [5.74, 6) is 0.763. The van der Waals surface area contributed by atoms with Crippen molar-refractivity contribution >= 4 is 0 Å². The van der Waals surface area contributed by atoms with Gasteiger partial charge in [0.25, 0.3) is 0 Å². The van der Waals surface area contributed by atoms with Crippen molar-refractivity contribution in [2.75, 3.05) is 13.6 Å². The molecule has 1 aliphatic rings. The Bertz CT molecular complexity index is 425. The van der Waals surface area contributed by atoms with Gasteiger partial charge in [-0.1, -0.05) is 25.0 Å². The zero-order valence-corrected chi connectivity index (χ0v) is 12.5. The van der Waals surface area contributed by atoms with Crippen molar-refractivity contribution in [2.24, 2.45) is 11.7 Å². The molecular weight excluding hydrogens is 274 g/mol. The normalized spacial score (nSPS) is 22.8. The summed E-state index contributed by atoms with van der Waals surface area (Å²) in [6, 6.07) is 7.39. The Kier molecular flexibility index (Phi) is 5.94.